The third-order valence-electron chi connectivity index (χ3n) is 5.24. The van der Waals surface area contributed by atoms with Crippen LogP contribution in [-0.4, -0.2) is 8.07 Å². The van der Waals surface area contributed by atoms with Crippen LogP contribution in [0.15, 0.2) is 57.5 Å². The van der Waals surface area contributed by atoms with Gasteiger partial charge < -0.3 is 0 Å². The summed E-state index contributed by atoms with van der Waals surface area (Å²) in [6.45, 7) is 5.05. The van der Waals surface area contributed by atoms with Gasteiger partial charge in [-0.25, -0.2) is 0 Å². The van der Waals surface area contributed by atoms with E-state index in [1.807, 2.05) is 0 Å². The molecule has 2 atom stereocenters. The van der Waals surface area contributed by atoms with Gasteiger partial charge in [0, 0.05) is 20.0 Å². The van der Waals surface area contributed by atoms with Crippen molar-refractivity contribution in [3.63, 3.8) is 0 Å². The monoisotopic (exact) mass is 444 g/mol. The SMILES string of the molecule is C[Si](C)(C1C(Br)=Cc2ccccc21)C1C(Br)=Cc2ccccc21. The number of fused-ring (bicyclic) bond motifs is 2. The molecule has 23 heavy (non-hydrogen) atoms. The second-order valence-corrected chi connectivity index (χ2v) is 13.6. The average molecular weight is 446 g/mol. The summed E-state index contributed by atoms with van der Waals surface area (Å²) in [5.41, 5.74) is 6.74. The van der Waals surface area contributed by atoms with E-state index >= 15 is 0 Å². The molecular formula is C20H18Br2Si. The summed E-state index contributed by atoms with van der Waals surface area (Å²) in [6, 6.07) is 17.7. The van der Waals surface area contributed by atoms with Gasteiger partial charge in [0.15, 0.2) is 0 Å². The quantitative estimate of drug-likeness (QED) is 0.443. The molecular weight excluding hydrogens is 428 g/mol. The van der Waals surface area contributed by atoms with Gasteiger partial charge in [-0.1, -0.05) is 93.5 Å². The van der Waals surface area contributed by atoms with Crippen molar-refractivity contribution in [3.05, 3.63) is 79.7 Å². The standard InChI is InChI=1S/C20H18Br2Si/c1-23(2,19-15-9-5-3-7-13(15)11-17(19)21)20-16-10-6-4-8-14(16)12-18(20)22/h3-12,19-20H,1-2H3. The number of halogens is 2. The van der Waals surface area contributed by atoms with Gasteiger partial charge in [0.25, 0.3) is 0 Å². The third kappa shape index (κ3) is 2.36. The first kappa shape index (κ1) is 15.6. The summed E-state index contributed by atoms with van der Waals surface area (Å²) >= 11 is 7.78. The van der Waals surface area contributed by atoms with E-state index < -0.39 is 8.07 Å². The van der Waals surface area contributed by atoms with Crippen LogP contribution < -0.4 is 0 Å². The van der Waals surface area contributed by atoms with Gasteiger partial charge in [-0.15, -0.1) is 0 Å². The van der Waals surface area contributed by atoms with Crippen molar-refractivity contribution in [1.29, 1.82) is 0 Å². The molecule has 2 aliphatic carbocycles. The zero-order valence-electron chi connectivity index (χ0n) is 13.2. The lowest BCUT2D eigenvalue weighted by Gasteiger charge is -2.37. The Balaban J connectivity index is 1.84. The fraction of sp³-hybridized carbons (Fsp3) is 0.200. The predicted molar refractivity (Wildman–Crippen MR) is 110 cm³/mol. The molecule has 0 saturated heterocycles. The van der Waals surface area contributed by atoms with E-state index in [0.29, 0.717) is 11.1 Å². The van der Waals surface area contributed by atoms with Crippen molar-refractivity contribution in [3.8, 4) is 0 Å². The van der Waals surface area contributed by atoms with Gasteiger partial charge in [0.2, 0.25) is 0 Å². The van der Waals surface area contributed by atoms with Gasteiger partial charge in [0.1, 0.15) is 0 Å². The highest BCUT2D eigenvalue weighted by molar-refractivity contribution is 9.12. The van der Waals surface area contributed by atoms with Gasteiger partial charge in [-0.05, 0) is 34.4 Å². The van der Waals surface area contributed by atoms with Gasteiger partial charge >= 0.3 is 0 Å². The molecule has 2 unspecified atom stereocenters. The molecule has 0 bridgehead atoms. The van der Waals surface area contributed by atoms with Crippen LogP contribution in [0.25, 0.3) is 12.2 Å². The lowest BCUT2D eigenvalue weighted by molar-refractivity contribution is 1.03. The highest BCUT2D eigenvalue weighted by Gasteiger charge is 2.47. The van der Waals surface area contributed by atoms with Crippen molar-refractivity contribution < 1.29 is 0 Å². The highest BCUT2D eigenvalue weighted by atomic mass is 79.9. The van der Waals surface area contributed by atoms with E-state index in [-0.39, 0.29) is 0 Å². The molecule has 0 spiro atoms. The second-order valence-electron chi connectivity index (χ2n) is 7.00. The Morgan fingerprint density at radius 1 is 0.696 bits per heavy atom. The first-order valence-electron chi connectivity index (χ1n) is 7.92. The molecule has 0 heterocycles. The van der Waals surface area contributed by atoms with Crippen LogP contribution >= 0.6 is 31.9 Å². The number of allylic oxidation sites excluding steroid dienone is 2. The fourth-order valence-electron chi connectivity index (χ4n) is 4.25. The molecule has 3 heteroatoms. The van der Waals surface area contributed by atoms with Crippen molar-refractivity contribution in [1.82, 2.24) is 0 Å². The lowest BCUT2D eigenvalue weighted by atomic mass is 10.1. The molecule has 2 aromatic rings. The van der Waals surface area contributed by atoms with Crippen molar-refractivity contribution in [2.24, 2.45) is 0 Å². The minimum atomic E-state index is -1.70. The Bertz CT molecular complexity index is 779. The first-order valence-corrected chi connectivity index (χ1v) is 12.7. The molecule has 2 aliphatic rings. The molecule has 0 N–H and O–H groups in total. The van der Waals surface area contributed by atoms with E-state index in [4.69, 9.17) is 0 Å². The van der Waals surface area contributed by atoms with Crippen LogP contribution in [0.2, 0.25) is 13.1 Å². The largest absolute Gasteiger partial charge is 0.0744 e. The Morgan fingerprint density at radius 3 is 1.52 bits per heavy atom. The van der Waals surface area contributed by atoms with Crippen molar-refractivity contribution in [2.75, 3.05) is 0 Å². The molecule has 2 aromatic carbocycles. The molecule has 4 rings (SSSR count). The van der Waals surface area contributed by atoms with Gasteiger partial charge in [-0.3, -0.25) is 0 Å². The highest BCUT2D eigenvalue weighted by Crippen LogP contribution is 2.54. The van der Waals surface area contributed by atoms with Crippen LogP contribution in [0, 0.1) is 0 Å². The minimum Gasteiger partial charge on any atom is -0.0679 e. The molecule has 0 aromatic heterocycles. The van der Waals surface area contributed by atoms with Crippen LogP contribution in [0.3, 0.4) is 0 Å². The van der Waals surface area contributed by atoms with E-state index in [0.717, 1.165) is 0 Å². The molecule has 116 valence electrons. The molecule has 0 nitrogen and oxygen atoms in total. The number of benzene rings is 2. The number of hydrogen-bond acceptors (Lipinski definition) is 0. The second kappa shape index (κ2) is 5.57. The predicted octanol–water partition coefficient (Wildman–Crippen LogP) is 6.84. The van der Waals surface area contributed by atoms with Gasteiger partial charge in [0.05, 0.1) is 8.07 Å². The van der Waals surface area contributed by atoms with E-state index in [1.54, 1.807) is 0 Å². The maximum Gasteiger partial charge on any atom is 0.0744 e. The molecule has 0 fully saturated rings. The fourth-order valence-corrected chi connectivity index (χ4v) is 12.8. The Morgan fingerprint density at radius 2 is 1.09 bits per heavy atom. The van der Waals surface area contributed by atoms with Gasteiger partial charge in [-0.2, -0.15) is 0 Å². The van der Waals surface area contributed by atoms with E-state index in [9.17, 15) is 0 Å². The Labute approximate surface area is 155 Å². The summed E-state index contributed by atoms with van der Waals surface area (Å²) in [7, 11) is -1.70. The van der Waals surface area contributed by atoms with E-state index in [2.05, 4.69) is 106 Å². The average Bonchev–Trinajstić information content (AvgIpc) is 3.02. The summed E-state index contributed by atoms with van der Waals surface area (Å²) in [5.74, 6) is 0. The summed E-state index contributed by atoms with van der Waals surface area (Å²) < 4.78 is 2.69. The first-order chi connectivity index (χ1) is 11.0. The lowest BCUT2D eigenvalue weighted by Crippen LogP contribution is -2.41. The number of rotatable bonds is 2. The number of hydrogen-bond donors (Lipinski definition) is 0. The molecule has 0 amide bonds. The zero-order chi connectivity index (χ0) is 16.2. The van der Waals surface area contributed by atoms with Crippen LogP contribution in [0.4, 0.5) is 0 Å². The normalized spacial score (nSPS) is 22.4. The topological polar surface area (TPSA) is 0 Å². The Kier molecular flexibility index (Phi) is 3.78. The maximum absolute atomic E-state index is 3.89. The van der Waals surface area contributed by atoms with Crippen LogP contribution in [0.5, 0.6) is 0 Å². The zero-order valence-corrected chi connectivity index (χ0v) is 17.4. The van der Waals surface area contributed by atoms with Crippen LogP contribution in [-0.2, 0) is 0 Å². The molecule has 0 aliphatic heterocycles. The molecule has 0 saturated carbocycles. The maximum atomic E-state index is 3.89. The smallest absolute Gasteiger partial charge is 0.0679 e. The van der Waals surface area contributed by atoms with Crippen molar-refractivity contribution in [2.45, 2.75) is 24.2 Å². The summed E-state index contributed by atoms with van der Waals surface area (Å²) in [5, 5.41) is 0. The van der Waals surface area contributed by atoms with Crippen molar-refractivity contribution >= 4 is 52.1 Å². The Hall–Kier alpha value is -0.903. The summed E-state index contributed by atoms with van der Waals surface area (Å²) in [4.78, 5) is 0. The van der Waals surface area contributed by atoms with Crippen LogP contribution in [0.1, 0.15) is 33.3 Å². The summed E-state index contributed by atoms with van der Waals surface area (Å²) in [6.07, 6.45) is 4.63. The molecule has 0 radical (unpaired) electrons. The third-order valence-corrected chi connectivity index (χ3v) is 11.7. The van der Waals surface area contributed by atoms with E-state index in [1.165, 1.54) is 31.2 Å². The minimum absolute atomic E-state index is 0.510.